The Bertz CT molecular complexity index is 504. The SMILES string of the molecule is FC(F)(F)c1cccc(Cl)c1NC1CCN2CCCC12. The molecule has 0 saturated carbocycles. The van der Waals surface area contributed by atoms with Crippen LogP contribution in [-0.2, 0) is 6.18 Å². The molecule has 0 aliphatic carbocycles. The van der Waals surface area contributed by atoms with Crippen LogP contribution in [0.3, 0.4) is 0 Å². The summed E-state index contributed by atoms with van der Waals surface area (Å²) in [6.45, 7) is 2.01. The monoisotopic (exact) mass is 304 g/mol. The van der Waals surface area contributed by atoms with E-state index in [0.717, 1.165) is 38.4 Å². The van der Waals surface area contributed by atoms with Crippen LogP contribution in [0.15, 0.2) is 18.2 Å². The van der Waals surface area contributed by atoms with Crippen LogP contribution in [0.1, 0.15) is 24.8 Å². The molecular formula is C14H16ClF3N2. The van der Waals surface area contributed by atoms with Gasteiger partial charge < -0.3 is 5.32 Å². The first kappa shape index (κ1) is 14.0. The van der Waals surface area contributed by atoms with Gasteiger partial charge in [0.15, 0.2) is 0 Å². The highest BCUT2D eigenvalue weighted by Crippen LogP contribution is 2.40. The summed E-state index contributed by atoms with van der Waals surface area (Å²) in [7, 11) is 0. The van der Waals surface area contributed by atoms with Crippen molar-refractivity contribution in [3.63, 3.8) is 0 Å². The van der Waals surface area contributed by atoms with E-state index in [0.29, 0.717) is 6.04 Å². The number of rotatable bonds is 2. The molecule has 2 unspecified atom stereocenters. The van der Waals surface area contributed by atoms with Crippen molar-refractivity contribution in [2.24, 2.45) is 0 Å². The van der Waals surface area contributed by atoms with Gasteiger partial charge in [-0.1, -0.05) is 17.7 Å². The molecule has 1 N–H and O–H groups in total. The largest absolute Gasteiger partial charge is 0.418 e. The number of alkyl halides is 3. The molecule has 0 spiro atoms. The van der Waals surface area contributed by atoms with Gasteiger partial charge in [0.1, 0.15) is 0 Å². The number of halogens is 4. The third-order valence-corrected chi connectivity index (χ3v) is 4.57. The Morgan fingerprint density at radius 2 is 2.00 bits per heavy atom. The second-order valence-electron chi connectivity index (χ2n) is 5.45. The van der Waals surface area contributed by atoms with Crippen molar-refractivity contribution >= 4 is 17.3 Å². The van der Waals surface area contributed by atoms with Crippen molar-refractivity contribution in [2.45, 2.75) is 37.5 Å². The number of nitrogens with one attached hydrogen (secondary N) is 1. The van der Waals surface area contributed by atoms with Crippen LogP contribution < -0.4 is 5.32 Å². The number of hydrogen-bond donors (Lipinski definition) is 1. The Morgan fingerprint density at radius 3 is 2.75 bits per heavy atom. The van der Waals surface area contributed by atoms with Gasteiger partial charge in [-0.15, -0.1) is 0 Å². The van der Waals surface area contributed by atoms with E-state index in [9.17, 15) is 13.2 Å². The third kappa shape index (κ3) is 2.49. The third-order valence-electron chi connectivity index (χ3n) is 4.25. The lowest BCUT2D eigenvalue weighted by Crippen LogP contribution is -2.34. The van der Waals surface area contributed by atoms with Crippen LogP contribution >= 0.6 is 11.6 Å². The van der Waals surface area contributed by atoms with Gasteiger partial charge in [0.05, 0.1) is 16.3 Å². The molecule has 3 rings (SSSR count). The average Bonchev–Trinajstić information content (AvgIpc) is 2.94. The quantitative estimate of drug-likeness (QED) is 0.888. The summed E-state index contributed by atoms with van der Waals surface area (Å²) in [5, 5.41) is 3.20. The van der Waals surface area contributed by atoms with Gasteiger partial charge in [0.25, 0.3) is 0 Å². The molecule has 0 aromatic heterocycles. The van der Waals surface area contributed by atoms with Crippen molar-refractivity contribution in [1.82, 2.24) is 4.90 Å². The molecule has 2 aliphatic heterocycles. The first-order valence-electron chi connectivity index (χ1n) is 6.83. The average molecular weight is 305 g/mol. The zero-order chi connectivity index (χ0) is 14.3. The summed E-state index contributed by atoms with van der Waals surface area (Å²) in [5.74, 6) is 0. The predicted molar refractivity (Wildman–Crippen MR) is 73.1 cm³/mol. The second-order valence-corrected chi connectivity index (χ2v) is 5.85. The lowest BCUT2D eigenvalue weighted by atomic mass is 10.0. The fourth-order valence-corrected chi connectivity index (χ4v) is 3.57. The topological polar surface area (TPSA) is 15.3 Å². The zero-order valence-electron chi connectivity index (χ0n) is 10.9. The van der Waals surface area contributed by atoms with E-state index in [1.165, 1.54) is 12.1 Å². The van der Waals surface area contributed by atoms with Crippen molar-refractivity contribution in [3.8, 4) is 0 Å². The van der Waals surface area contributed by atoms with Gasteiger partial charge in [-0.25, -0.2) is 0 Å². The number of benzene rings is 1. The Labute approximate surface area is 120 Å². The van der Waals surface area contributed by atoms with E-state index >= 15 is 0 Å². The van der Waals surface area contributed by atoms with Crippen LogP contribution in [0, 0.1) is 0 Å². The van der Waals surface area contributed by atoms with Crippen LogP contribution in [0.2, 0.25) is 5.02 Å². The molecule has 20 heavy (non-hydrogen) atoms. The van der Waals surface area contributed by atoms with Crippen LogP contribution in [0.4, 0.5) is 18.9 Å². The molecule has 0 radical (unpaired) electrons. The van der Waals surface area contributed by atoms with Crippen molar-refractivity contribution < 1.29 is 13.2 Å². The van der Waals surface area contributed by atoms with Gasteiger partial charge in [-0.3, -0.25) is 4.90 Å². The van der Waals surface area contributed by atoms with Gasteiger partial charge >= 0.3 is 6.18 Å². The normalized spacial score (nSPS) is 26.8. The number of nitrogens with zero attached hydrogens (tertiary/aromatic N) is 1. The highest BCUT2D eigenvalue weighted by molar-refractivity contribution is 6.33. The van der Waals surface area contributed by atoms with Crippen LogP contribution in [-0.4, -0.2) is 30.1 Å². The van der Waals surface area contributed by atoms with E-state index in [4.69, 9.17) is 11.6 Å². The van der Waals surface area contributed by atoms with E-state index in [-0.39, 0.29) is 16.8 Å². The van der Waals surface area contributed by atoms with Gasteiger partial charge in [-0.2, -0.15) is 13.2 Å². The standard InChI is InChI=1S/C14H16ClF3N2/c15-10-4-1-3-9(14(16,17)18)13(10)19-11-6-8-20-7-2-5-12(11)20/h1,3-4,11-12,19H,2,5-8H2. The Morgan fingerprint density at radius 1 is 1.20 bits per heavy atom. The molecule has 1 aromatic carbocycles. The maximum Gasteiger partial charge on any atom is 0.418 e. The number of anilines is 1. The Kier molecular flexibility index (Phi) is 3.58. The molecular weight excluding hydrogens is 289 g/mol. The molecule has 2 aliphatic rings. The fraction of sp³-hybridized carbons (Fsp3) is 0.571. The van der Waals surface area contributed by atoms with Gasteiger partial charge in [0.2, 0.25) is 0 Å². The minimum absolute atomic E-state index is 0.0282. The van der Waals surface area contributed by atoms with Crippen LogP contribution in [0.5, 0.6) is 0 Å². The fourth-order valence-electron chi connectivity index (χ4n) is 3.34. The highest BCUT2D eigenvalue weighted by atomic mass is 35.5. The summed E-state index contributed by atoms with van der Waals surface area (Å²) >= 11 is 5.98. The van der Waals surface area contributed by atoms with Crippen molar-refractivity contribution in [2.75, 3.05) is 18.4 Å². The summed E-state index contributed by atoms with van der Waals surface area (Å²) in [6.07, 6.45) is -1.35. The van der Waals surface area contributed by atoms with E-state index in [2.05, 4.69) is 10.2 Å². The summed E-state index contributed by atoms with van der Waals surface area (Å²) in [4.78, 5) is 2.35. The molecule has 2 atom stereocenters. The summed E-state index contributed by atoms with van der Waals surface area (Å²) in [6, 6.07) is 4.31. The number of para-hydroxylation sites is 1. The van der Waals surface area contributed by atoms with E-state index < -0.39 is 11.7 Å². The van der Waals surface area contributed by atoms with Crippen LogP contribution in [0.25, 0.3) is 0 Å². The second kappa shape index (κ2) is 5.11. The van der Waals surface area contributed by atoms with Gasteiger partial charge in [-0.05, 0) is 37.9 Å². The van der Waals surface area contributed by atoms with E-state index in [1.54, 1.807) is 0 Å². The molecule has 0 amide bonds. The smallest absolute Gasteiger partial charge is 0.379 e. The summed E-state index contributed by atoms with van der Waals surface area (Å²) < 4.78 is 39.2. The minimum Gasteiger partial charge on any atom is -0.379 e. The molecule has 0 bridgehead atoms. The Hall–Kier alpha value is -0.940. The molecule has 6 heteroatoms. The molecule has 1 aromatic rings. The first-order valence-corrected chi connectivity index (χ1v) is 7.21. The lowest BCUT2D eigenvalue weighted by Gasteiger charge is -2.24. The molecule has 2 saturated heterocycles. The van der Waals surface area contributed by atoms with Crippen molar-refractivity contribution in [3.05, 3.63) is 28.8 Å². The molecule has 2 nitrogen and oxygen atoms in total. The maximum absolute atomic E-state index is 13.1. The Balaban J connectivity index is 1.87. The number of hydrogen-bond acceptors (Lipinski definition) is 2. The molecule has 110 valence electrons. The summed E-state index contributed by atoms with van der Waals surface area (Å²) in [5.41, 5.74) is -0.651. The number of fused-ring (bicyclic) bond motifs is 1. The lowest BCUT2D eigenvalue weighted by molar-refractivity contribution is -0.137. The van der Waals surface area contributed by atoms with Crippen molar-refractivity contribution in [1.29, 1.82) is 0 Å². The molecule has 2 heterocycles. The minimum atomic E-state index is -4.39. The van der Waals surface area contributed by atoms with Gasteiger partial charge in [0, 0.05) is 18.6 Å². The maximum atomic E-state index is 13.1. The zero-order valence-corrected chi connectivity index (χ0v) is 11.6. The first-order chi connectivity index (χ1) is 9.47. The molecule has 2 fully saturated rings. The highest BCUT2D eigenvalue weighted by Gasteiger charge is 2.39. The predicted octanol–water partition coefficient (Wildman–Crippen LogP) is 4.01. The van der Waals surface area contributed by atoms with E-state index in [1.807, 2.05) is 0 Å².